The van der Waals surface area contributed by atoms with E-state index >= 15 is 0 Å². The zero-order chi connectivity index (χ0) is 14.5. The second-order valence-corrected chi connectivity index (χ2v) is 6.20. The first-order valence-corrected chi connectivity index (χ1v) is 8.22. The molecule has 2 aromatic rings. The summed E-state index contributed by atoms with van der Waals surface area (Å²) in [5.74, 6) is 2.49. The fourth-order valence-electron chi connectivity index (χ4n) is 2.41. The van der Waals surface area contributed by atoms with Gasteiger partial charge in [0.05, 0.1) is 19.7 Å². The van der Waals surface area contributed by atoms with Gasteiger partial charge in [-0.2, -0.15) is 0 Å². The highest BCUT2D eigenvalue weighted by Gasteiger charge is 2.18. The quantitative estimate of drug-likeness (QED) is 0.826. The summed E-state index contributed by atoms with van der Waals surface area (Å²) >= 11 is 1.75. The Balaban J connectivity index is 1.72. The smallest absolute Gasteiger partial charge is 0.191 e. The van der Waals surface area contributed by atoms with Crippen LogP contribution in [0.3, 0.4) is 0 Å². The van der Waals surface area contributed by atoms with Crippen LogP contribution in [0.4, 0.5) is 0 Å². The van der Waals surface area contributed by atoms with Gasteiger partial charge < -0.3 is 15.0 Å². The molecule has 6 heteroatoms. The van der Waals surface area contributed by atoms with Gasteiger partial charge >= 0.3 is 0 Å². The SMILES string of the molecule is NCc1nnc(SC[C@@H]2CCOC2)n1Cc1ccccc1. The third-order valence-corrected chi connectivity index (χ3v) is 4.83. The van der Waals surface area contributed by atoms with Crippen molar-refractivity contribution in [1.82, 2.24) is 14.8 Å². The summed E-state index contributed by atoms with van der Waals surface area (Å²) in [6.45, 7) is 2.93. The van der Waals surface area contributed by atoms with E-state index in [2.05, 4.69) is 26.9 Å². The molecule has 0 bridgehead atoms. The third-order valence-electron chi connectivity index (χ3n) is 3.63. The van der Waals surface area contributed by atoms with Gasteiger partial charge in [0.1, 0.15) is 5.82 Å². The van der Waals surface area contributed by atoms with E-state index in [-0.39, 0.29) is 0 Å². The minimum absolute atomic E-state index is 0.410. The Hall–Kier alpha value is -1.37. The van der Waals surface area contributed by atoms with Gasteiger partial charge in [0.15, 0.2) is 5.16 Å². The van der Waals surface area contributed by atoms with Crippen molar-refractivity contribution in [3.05, 3.63) is 41.7 Å². The summed E-state index contributed by atoms with van der Waals surface area (Å²) in [4.78, 5) is 0. The molecule has 0 radical (unpaired) electrons. The second-order valence-electron chi connectivity index (χ2n) is 5.22. The lowest BCUT2D eigenvalue weighted by atomic mass is 10.2. The maximum absolute atomic E-state index is 5.78. The van der Waals surface area contributed by atoms with Gasteiger partial charge in [0.25, 0.3) is 0 Å². The standard InChI is InChI=1S/C15H20N4OS/c16-8-14-17-18-15(21-11-13-6-7-20-10-13)19(14)9-12-4-2-1-3-5-12/h1-5,13H,6-11,16H2/t13-/m1/s1. The highest BCUT2D eigenvalue weighted by atomic mass is 32.2. The number of hydrogen-bond acceptors (Lipinski definition) is 5. The van der Waals surface area contributed by atoms with E-state index in [0.29, 0.717) is 12.5 Å². The van der Waals surface area contributed by atoms with Crippen LogP contribution in [0.5, 0.6) is 0 Å². The van der Waals surface area contributed by atoms with Gasteiger partial charge in [-0.15, -0.1) is 10.2 Å². The van der Waals surface area contributed by atoms with Gasteiger partial charge in [0, 0.05) is 12.4 Å². The minimum Gasteiger partial charge on any atom is -0.381 e. The van der Waals surface area contributed by atoms with Gasteiger partial charge in [-0.25, -0.2) is 0 Å². The highest BCUT2D eigenvalue weighted by molar-refractivity contribution is 7.99. The summed E-state index contributed by atoms with van der Waals surface area (Å²) in [6, 6.07) is 10.3. The zero-order valence-corrected chi connectivity index (χ0v) is 12.8. The molecule has 1 fully saturated rings. The van der Waals surface area contributed by atoms with Crippen molar-refractivity contribution in [3.63, 3.8) is 0 Å². The van der Waals surface area contributed by atoms with Crippen molar-refractivity contribution >= 4 is 11.8 Å². The lowest BCUT2D eigenvalue weighted by Crippen LogP contribution is -2.11. The number of ether oxygens (including phenoxy) is 1. The molecule has 2 N–H and O–H groups in total. The number of nitrogens with two attached hydrogens (primary N) is 1. The predicted molar refractivity (Wildman–Crippen MR) is 83.1 cm³/mol. The van der Waals surface area contributed by atoms with Crippen LogP contribution < -0.4 is 5.73 Å². The molecule has 1 aromatic carbocycles. The molecular formula is C15H20N4OS. The predicted octanol–water partition coefficient (Wildman–Crippen LogP) is 1.91. The zero-order valence-electron chi connectivity index (χ0n) is 11.9. The number of rotatable bonds is 6. The van der Waals surface area contributed by atoms with Crippen LogP contribution in [0, 0.1) is 5.92 Å². The normalized spacial score (nSPS) is 18.2. The highest BCUT2D eigenvalue weighted by Crippen LogP contribution is 2.24. The van der Waals surface area contributed by atoms with E-state index in [4.69, 9.17) is 10.5 Å². The van der Waals surface area contributed by atoms with Crippen LogP contribution in [0.25, 0.3) is 0 Å². The van der Waals surface area contributed by atoms with E-state index in [1.54, 1.807) is 11.8 Å². The first kappa shape index (κ1) is 14.6. The molecule has 0 unspecified atom stereocenters. The first-order valence-electron chi connectivity index (χ1n) is 7.23. The van der Waals surface area contributed by atoms with Gasteiger partial charge in [-0.05, 0) is 17.9 Å². The van der Waals surface area contributed by atoms with Crippen molar-refractivity contribution < 1.29 is 4.74 Å². The maximum Gasteiger partial charge on any atom is 0.191 e. The minimum atomic E-state index is 0.410. The first-order chi connectivity index (χ1) is 10.4. The molecule has 1 atom stereocenters. The molecule has 1 aromatic heterocycles. The van der Waals surface area contributed by atoms with E-state index in [9.17, 15) is 0 Å². The summed E-state index contributed by atoms with van der Waals surface area (Å²) in [5.41, 5.74) is 7.02. The Labute approximate surface area is 128 Å². The molecule has 0 spiro atoms. The van der Waals surface area contributed by atoms with Gasteiger partial charge in [0.2, 0.25) is 0 Å². The molecule has 21 heavy (non-hydrogen) atoms. The Morgan fingerprint density at radius 2 is 2.14 bits per heavy atom. The average Bonchev–Trinajstić information content (AvgIpc) is 3.16. The molecule has 2 heterocycles. The molecule has 112 valence electrons. The molecule has 0 amide bonds. The largest absolute Gasteiger partial charge is 0.381 e. The second kappa shape index (κ2) is 7.06. The van der Waals surface area contributed by atoms with E-state index in [0.717, 1.165) is 42.9 Å². The molecule has 1 aliphatic rings. The molecule has 3 rings (SSSR count). The number of hydrogen-bond donors (Lipinski definition) is 1. The van der Waals surface area contributed by atoms with Crippen LogP contribution >= 0.6 is 11.8 Å². The Morgan fingerprint density at radius 3 is 2.86 bits per heavy atom. The molecule has 1 saturated heterocycles. The fourth-order valence-corrected chi connectivity index (χ4v) is 3.48. The van der Waals surface area contributed by atoms with Crippen molar-refractivity contribution in [3.8, 4) is 0 Å². The average molecular weight is 304 g/mol. The molecule has 1 aliphatic heterocycles. The number of thioether (sulfide) groups is 1. The van der Waals surface area contributed by atoms with Crippen LogP contribution in [0.1, 0.15) is 17.8 Å². The fraction of sp³-hybridized carbons (Fsp3) is 0.467. The van der Waals surface area contributed by atoms with Gasteiger partial charge in [-0.1, -0.05) is 42.1 Å². The molecule has 0 aliphatic carbocycles. The third kappa shape index (κ3) is 3.64. The maximum atomic E-state index is 5.78. The van der Waals surface area contributed by atoms with Crippen molar-refractivity contribution in [2.24, 2.45) is 11.7 Å². The number of benzene rings is 1. The lowest BCUT2D eigenvalue weighted by Gasteiger charge is -2.11. The summed E-state index contributed by atoms with van der Waals surface area (Å²) in [5, 5.41) is 9.46. The van der Waals surface area contributed by atoms with E-state index in [1.165, 1.54) is 5.56 Å². The summed E-state index contributed by atoms with van der Waals surface area (Å²) in [7, 11) is 0. The van der Waals surface area contributed by atoms with Crippen LogP contribution in [0.15, 0.2) is 35.5 Å². The summed E-state index contributed by atoms with van der Waals surface area (Å²) < 4.78 is 7.54. The van der Waals surface area contributed by atoms with Crippen molar-refractivity contribution in [1.29, 1.82) is 0 Å². The van der Waals surface area contributed by atoms with Crippen LogP contribution in [0.2, 0.25) is 0 Å². The number of aromatic nitrogens is 3. The lowest BCUT2D eigenvalue weighted by molar-refractivity contribution is 0.189. The Kier molecular flexibility index (Phi) is 4.90. The molecule has 5 nitrogen and oxygen atoms in total. The summed E-state index contributed by atoms with van der Waals surface area (Å²) in [6.07, 6.45) is 1.14. The van der Waals surface area contributed by atoms with Crippen molar-refractivity contribution in [2.45, 2.75) is 24.7 Å². The van der Waals surface area contributed by atoms with Crippen LogP contribution in [-0.2, 0) is 17.8 Å². The number of nitrogens with zero attached hydrogens (tertiary/aromatic N) is 3. The monoisotopic (exact) mass is 304 g/mol. The topological polar surface area (TPSA) is 66.0 Å². The van der Waals surface area contributed by atoms with E-state index < -0.39 is 0 Å². The van der Waals surface area contributed by atoms with Gasteiger partial charge in [-0.3, -0.25) is 0 Å². The van der Waals surface area contributed by atoms with Crippen molar-refractivity contribution in [2.75, 3.05) is 19.0 Å². The molecule has 0 saturated carbocycles. The van der Waals surface area contributed by atoms with E-state index in [1.807, 2.05) is 18.2 Å². The molecular weight excluding hydrogens is 284 g/mol. The Bertz CT molecular complexity index is 566. The van der Waals surface area contributed by atoms with Crippen LogP contribution in [-0.4, -0.2) is 33.7 Å². The Morgan fingerprint density at radius 1 is 1.29 bits per heavy atom.